The number of nitrogens with one attached hydrogen (secondary N) is 1. The monoisotopic (exact) mass is 265 g/mol. The average Bonchev–Trinajstić information content (AvgIpc) is 2.91. The highest BCUT2D eigenvalue weighted by atomic mass is 16.5. The van der Waals surface area contributed by atoms with Crippen molar-refractivity contribution in [2.75, 3.05) is 31.7 Å². The van der Waals surface area contributed by atoms with Gasteiger partial charge in [-0.3, -0.25) is 4.90 Å². The van der Waals surface area contributed by atoms with Crippen LogP contribution in [0.1, 0.15) is 38.4 Å². The van der Waals surface area contributed by atoms with Gasteiger partial charge in [0.2, 0.25) is 5.88 Å². The van der Waals surface area contributed by atoms with E-state index in [9.17, 15) is 0 Å². The fourth-order valence-electron chi connectivity index (χ4n) is 2.13. The quantitative estimate of drug-likeness (QED) is 0.597. The fourth-order valence-corrected chi connectivity index (χ4v) is 2.13. The van der Waals surface area contributed by atoms with E-state index in [4.69, 9.17) is 10.6 Å². The fraction of sp³-hybridized carbons (Fsp3) is 0.692. The lowest BCUT2D eigenvalue weighted by Gasteiger charge is -2.15. The molecule has 6 heteroatoms. The first kappa shape index (κ1) is 14.0. The number of nitrogens with zero attached hydrogens (tertiary/aromatic N) is 3. The summed E-state index contributed by atoms with van der Waals surface area (Å²) >= 11 is 0. The summed E-state index contributed by atoms with van der Waals surface area (Å²) in [5.74, 6) is 7.58. The van der Waals surface area contributed by atoms with Crippen molar-refractivity contribution in [3.05, 3.63) is 11.9 Å². The second-order valence-corrected chi connectivity index (χ2v) is 5.15. The Bertz CT molecular complexity index is 404. The van der Waals surface area contributed by atoms with Crippen LogP contribution in [-0.4, -0.2) is 41.1 Å². The molecular weight excluding hydrogens is 242 g/mol. The molecule has 1 aromatic rings. The van der Waals surface area contributed by atoms with Crippen molar-refractivity contribution in [1.29, 1.82) is 0 Å². The zero-order valence-corrected chi connectivity index (χ0v) is 11.7. The molecule has 0 aliphatic carbocycles. The maximum atomic E-state index is 5.71. The van der Waals surface area contributed by atoms with E-state index < -0.39 is 0 Å². The number of nitrogens with two attached hydrogens (primary N) is 1. The number of hydrogen-bond donors (Lipinski definition) is 2. The van der Waals surface area contributed by atoms with E-state index in [1.54, 1.807) is 6.07 Å². The molecule has 1 aliphatic rings. The second kappa shape index (κ2) is 6.68. The minimum atomic E-state index is 0.245. The van der Waals surface area contributed by atoms with Gasteiger partial charge in [-0.1, -0.05) is 13.8 Å². The SMILES string of the molecule is CC(C)c1nc(NN)cc(OCCN2CCCC2)n1. The van der Waals surface area contributed by atoms with E-state index >= 15 is 0 Å². The topological polar surface area (TPSA) is 76.3 Å². The van der Waals surface area contributed by atoms with Crippen LogP contribution >= 0.6 is 0 Å². The molecule has 1 saturated heterocycles. The van der Waals surface area contributed by atoms with E-state index in [0.717, 1.165) is 12.4 Å². The lowest BCUT2D eigenvalue weighted by atomic mass is 10.2. The number of hydrazine groups is 1. The van der Waals surface area contributed by atoms with Gasteiger partial charge in [-0.25, -0.2) is 10.8 Å². The molecule has 1 aromatic heterocycles. The second-order valence-electron chi connectivity index (χ2n) is 5.15. The molecule has 0 saturated carbocycles. The maximum Gasteiger partial charge on any atom is 0.218 e. The van der Waals surface area contributed by atoms with E-state index in [0.29, 0.717) is 18.3 Å². The number of ether oxygens (including phenoxy) is 1. The van der Waals surface area contributed by atoms with Crippen LogP contribution in [0.15, 0.2) is 6.07 Å². The summed E-state index contributed by atoms with van der Waals surface area (Å²) < 4.78 is 5.71. The molecule has 1 aliphatic heterocycles. The Morgan fingerprint density at radius 1 is 1.37 bits per heavy atom. The van der Waals surface area contributed by atoms with Crippen molar-refractivity contribution < 1.29 is 4.74 Å². The van der Waals surface area contributed by atoms with Crippen LogP contribution in [0.3, 0.4) is 0 Å². The van der Waals surface area contributed by atoms with Crippen molar-refractivity contribution in [2.24, 2.45) is 5.84 Å². The van der Waals surface area contributed by atoms with Gasteiger partial charge in [-0.05, 0) is 25.9 Å². The minimum absolute atomic E-state index is 0.245. The summed E-state index contributed by atoms with van der Waals surface area (Å²) in [7, 11) is 0. The molecule has 19 heavy (non-hydrogen) atoms. The molecule has 6 nitrogen and oxygen atoms in total. The molecule has 0 atom stereocenters. The number of rotatable bonds is 6. The standard InChI is InChI=1S/C13H23N5O/c1-10(2)13-15-11(17-14)9-12(16-13)19-8-7-18-5-3-4-6-18/h9-10H,3-8,14H2,1-2H3,(H,15,16,17). The first-order valence-corrected chi connectivity index (χ1v) is 6.90. The summed E-state index contributed by atoms with van der Waals surface area (Å²) in [4.78, 5) is 11.1. The lowest BCUT2D eigenvalue weighted by Crippen LogP contribution is -2.25. The van der Waals surface area contributed by atoms with Crippen LogP contribution in [0.4, 0.5) is 5.82 Å². The summed E-state index contributed by atoms with van der Waals surface area (Å²) in [6.07, 6.45) is 2.60. The Hall–Kier alpha value is -1.40. The van der Waals surface area contributed by atoms with Gasteiger partial charge in [-0.2, -0.15) is 4.98 Å². The predicted octanol–water partition coefficient (Wildman–Crippen LogP) is 1.36. The maximum absolute atomic E-state index is 5.71. The first-order chi connectivity index (χ1) is 9.19. The zero-order chi connectivity index (χ0) is 13.7. The summed E-state index contributed by atoms with van der Waals surface area (Å²) in [5, 5.41) is 0. The van der Waals surface area contributed by atoms with Crippen molar-refractivity contribution in [1.82, 2.24) is 14.9 Å². The normalized spacial score (nSPS) is 16.0. The van der Waals surface area contributed by atoms with Crippen molar-refractivity contribution >= 4 is 5.82 Å². The third kappa shape index (κ3) is 4.04. The average molecular weight is 265 g/mol. The number of hydrogen-bond acceptors (Lipinski definition) is 6. The van der Waals surface area contributed by atoms with E-state index in [2.05, 4.69) is 20.3 Å². The van der Waals surface area contributed by atoms with Crippen LogP contribution in [0.2, 0.25) is 0 Å². The van der Waals surface area contributed by atoms with Crippen LogP contribution in [-0.2, 0) is 0 Å². The van der Waals surface area contributed by atoms with Crippen molar-refractivity contribution in [3.8, 4) is 5.88 Å². The Morgan fingerprint density at radius 3 is 2.74 bits per heavy atom. The molecule has 0 spiro atoms. The van der Waals surface area contributed by atoms with Crippen LogP contribution in [0.5, 0.6) is 5.88 Å². The number of likely N-dealkylation sites (tertiary alicyclic amines) is 1. The number of nitrogen functional groups attached to an aromatic ring is 1. The smallest absolute Gasteiger partial charge is 0.218 e. The molecule has 1 fully saturated rings. The van der Waals surface area contributed by atoms with Crippen LogP contribution < -0.4 is 16.0 Å². The first-order valence-electron chi connectivity index (χ1n) is 6.90. The van der Waals surface area contributed by atoms with Gasteiger partial charge in [0, 0.05) is 18.5 Å². The Morgan fingerprint density at radius 2 is 2.11 bits per heavy atom. The van der Waals surface area contributed by atoms with Gasteiger partial charge in [-0.15, -0.1) is 0 Å². The largest absolute Gasteiger partial charge is 0.476 e. The molecule has 2 heterocycles. The van der Waals surface area contributed by atoms with Gasteiger partial charge < -0.3 is 10.2 Å². The highest BCUT2D eigenvalue weighted by molar-refractivity contribution is 5.37. The third-order valence-electron chi connectivity index (χ3n) is 3.24. The van der Waals surface area contributed by atoms with E-state index in [1.807, 2.05) is 13.8 Å². The summed E-state index contributed by atoms with van der Waals surface area (Å²) in [5.41, 5.74) is 2.55. The Kier molecular flexibility index (Phi) is 4.93. The molecular formula is C13H23N5O. The Balaban J connectivity index is 1.92. The van der Waals surface area contributed by atoms with E-state index in [-0.39, 0.29) is 5.92 Å². The highest BCUT2D eigenvalue weighted by Crippen LogP contribution is 2.18. The van der Waals surface area contributed by atoms with Gasteiger partial charge >= 0.3 is 0 Å². The van der Waals surface area contributed by atoms with Gasteiger partial charge in [0.25, 0.3) is 0 Å². The lowest BCUT2D eigenvalue weighted by molar-refractivity contribution is 0.231. The van der Waals surface area contributed by atoms with E-state index in [1.165, 1.54) is 25.9 Å². The molecule has 0 amide bonds. The third-order valence-corrected chi connectivity index (χ3v) is 3.24. The van der Waals surface area contributed by atoms with Crippen molar-refractivity contribution in [2.45, 2.75) is 32.6 Å². The van der Waals surface area contributed by atoms with Crippen LogP contribution in [0, 0.1) is 0 Å². The number of aromatic nitrogens is 2. The van der Waals surface area contributed by atoms with Gasteiger partial charge in [0.1, 0.15) is 18.2 Å². The molecule has 0 aromatic carbocycles. The molecule has 0 unspecified atom stereocenters. The van der Waals surface area contributed by atoms with Crippen molar-refractivity contribution in [3.63, 3.8) is 0 Å². The van der Waals surface area contributed by atoms with Gasteiger partial charge in [0.05, 0.1) is 0 Å². The molecule has 2 rings (SSSR count). The molecule has 3 N–H and O–H groups in total. The Labute approximate surface area is 114 Å². The van der Waals surface area contributed by atoms with Gasteiger partial charge in [0.15, 0.2) is 0 Å². The zero-order valence-electron chi connectivity index (χ0n) is 11.7. The minimum Gasteiger partial charge on any atom is -0.476 e. The molecule has 106 valence electrons. The summed E-state index contributed by atoms with van der Waals surface area (Å²) in [6.45, 7) is 8.05. The predicted molar refractivity (Wildman–Crippen MR) is 75.1 cm³/mol. The number of anilines is 1. The molecule has 0 bridgehead atoms. The van der Waals surface area contributed by atoms with Crippen LogP contribution in [0.25, 0.3) is 0 Å². The summed E-state index contributed by atoms with van der Waals surface area (Å²) in [6, 6.07) is 1.73. The molecule has 0 radical (unpaired) electrons. The highest BCUT2D eigenvalue weighted by Gasteiger charge is 2.12.